The van der Waals surface area contributed by atoms with Gasteiger partial charge in [-0.3, -0.25) is 9.88 Å². The molecule has 6 nitrogen and oxygen atoms in total. The number of oxazole rings is 1. The van der Waals surface area contributed by atoms with E-state index in [2.05, 4.69) is 4.98 Å². The molecular weight excluding hydrogens is 236 g/mol. The predicted octanol–water partition coefficient (Wildman–Crippen LogP) is -0.0939. The average molecular weight is 252 g/mol. The highest BCUT2D eigenvalue weighted by atomic mass is 16.4. The summed E-state index contributed by atoms with van der Waals surface area (Å²) >= 11 is 0. The largest absolute Gasteiger partial charge is 0.417 e. The van der Waals surface area contributed by atoms with Crippen molar-refractivity contribution in [1.29, 1.82) is 0 Å². The summed E-state index contributed by atoms with van der Waals surface area (Å²) < 4.78 is 4.97. The van der Waals surface area contributed by atoms with Gasteiger partial charge in [0.2, 0.25) is 0 Å². The Morgan fingerprint density at radius 2 is 2.28 bits per heavy atom. The van der Waals surface area contributed by atoms with Crippen molar-refractivity contribution in [2.45, 2.75) is 12.6 Å². The van der Waals surface area contributed by atoms with Crippen LogP contribution in [0.1, 0.15) is 5.56 Å². The molecule has 6 heteroatoms. The van der Waals surface area contributed by atoms with Crippen LogP contribution in [0.5, 0.6) is 0 Å². The standard InChI is InChI=1S/C12H16N2O4/c1-14(6-9(16)7-15)5-8-2-3-10-11(4-8)18-12(17)13-10/h2-4,9,15-16H,5-7H2,1H3,(H,13,17). The maximum Gasteiger partial charge on any atom is 0.417 e. The Bertz CT molecular complexity index is 575. The normalized spacial score (nSPS) is 13.3. The summed E-state index contributed by atoms with van der Waals surface area (Å²) in [6, 6.07) is 5.45. The van der Waals surface area contributed by atoms with Crippen LogP contribution in [-0.4, -0.2) is 46.4 Å². The van der Waals surface area contributed by atoms with Crippen molar-refractivity contribution in [3.05, 3.63) is 34.3 Å². The summed E-state index contributed by atoms with van der Waals surface area (Å²) in [7, 11) is 1.84. The zero-order valence-electron chi connectivity index (χ0n) is 10.1. The third kappa shape index (κ3) is 2.98. The minimum Gasteiger partial charge on any atom is -0.408 e. The van der Waals surface area contributed by atoms with Crippen molar-refractivity contribution in [2.24, 2.45) is 0 Å². The van der Waals surface area contributed by atoms with Gasteiger partial charge in [-0.05, 0) is 24.7 Å². The van der Waals surface area contributed by atoms with Gasteiger partial charge in [-0.2, -0.15) is 0 Å². The van der Waals surface area contributed by atoms with Crippen LogP contribution >= 0.6 is 0 Å². The molecule has 98 valence electrons. The summed E-state index contributed by atoms with van der Waals surface area (Å²) in [5, 5.41) is 18.1. The predicted molar refractivity (Wildman–Crippen MR) is 66.3 cm³/mol. The molecule has 1 aromatic carbocycles. The molecule has 0 saturated carbocycles. The van der Waals surface area contributed by atoms with E-state index in [-0.39, 0.29) is 6.61 Å². The molecule has 0 radical (unpaired) electrons. The monoisotopic (exact) mass is 252 g/mol. The maximum absolute atomic E-state index is 11.0. The zero-order chi connectivity index (χ0) is 13.1. The van der Waals surface area contributed by atoms with Crippen LogP contribution in [0.15, 0.2) is 27.4 Å². The lowest BCUT2D eigenvalue weighted by Gasteiger charge is -2.19. The Morgan fingerprint density at radius 1 is 1.50 bits per heavy atom. The molecule has 0 aliphatic rings. The number of nitrogens with zero attached hydrogens (tertiary/aromatic N) is 1. The molecule has 2 aromatic rings. The van der Waals surface area contributed by atoms with Crippen LogP contribution in [0, 0.1) is 0 Å². The van der Waals surface area contributed by atoms with Crippen LogP contribution in [0.4, 0.5) is 0 Å². The van der Waals surface area contributed by atoms with Gasteiger partial charge in [0.15, 0.2) is 5.58 Å². The molecule has 0 spiro atoms. The number of aromatic nitrogens is 1. The fourth-order valence-electron chi connectivity index (χ4n) is 1.88. The molecule has 0 amide bonds. The Hall–Kier alpha value is -1.63. The summed E-state index contributed by atoms with van der Waals surface area (Å²) in [4.78, 5) is 15.5. The van der Waals surface area contributed by atoms with Crippen molar-refractivity contribution in [3.8, 4) is 0 Å². The third-order valence-corrected chi connectivity index (χ3v) is 2.67. The smallest absolute Gasteiger partial charge is 0.408 e. The van der Waals surface area contributed by atoms with Gasteiger partial charge in [0, 0.05) is 13.1 Å². The van der Waals surface area contributed by atoms with Crippen LogP contribution in [0.25, 0.3) is 11.1 Å². The lowest BCUT2D eigenvalue weighted by atomic mass is 10.2. The molecule has 1 atom stereocenters. The molecule has 0 aliphatic carbocycles. The van der Waals surface area contributed by atoms with E-state index in [0.717, 1.165) is 5.56 Å². The second kappa shape index (κ2) is 5.34. The number of aromatic amines is 1. The number of fused-ring (bicyclic) bond motifs is 1. The number of H-pyrrole nitrogens is 1. The van der Waals surface area contributed by atoms with Gasteiger partial charge in [-0.25, -0.2) is 4.79 Å². The molecule has 0 saturated heterocycles. The molecule has 0 fully saturated rings. The fraction of sp³-hybridized carbons (Fsp3) is 0.417. The Kier molecular flexibility index (Phi) is 3.81. The lowest BCUT2D eigenvalue weighted by Crippen LogP contribution is -2.30. The number of nitrogens with one attached hydrogen (secondary N) is 1. The van der Waals surface area contributed by atoms with Gasteiger partial charge in [0.1, 0.15) is 0 Å². The van der Waals surface area contributed by atoms with E-state index in [9.17, 15) is 9.90 Å². The first-order valence-corrected chi connectivity index (χ1v) is 5.67. The molecule has 1 aromatic heterocycles. The molecule has 2 rings (SSSR count). The highest BCUT2D eigenvalue weighted by molar-refractivity contribution is 5.72. The second-order valence-corrected chi connectivity index (χ2v) is 4.38. The van der Waals surface area contributed by atoms with E-state index in [0.29, 0.717) is 24.2 Å². The molecule has 3 N–H and O–H groups in total. The van der Waals surface area contributed by atoms with E-state index in [1.165, 1.54) is 0 Å². The molecule has 18 heavy (non-hydrogen) atoms. The number of aliphatic hydroxyl groups is 2. The number of rotatable bonds is 5. The Morgan fingerprint density at radius 3 is 3.00 bits per heavy atom. The minimum atomic E-state index is -0.746. The van der Waals surface area contributed by atoms with Gasteiger partial charge in [-0.15, -0.1) is 0 Å². The van der Waals surface area contributed by atoms with Crippen LogP contribution < -0.4 is 5.76 Å². The highest BCUT2D eigenvalue weighted by Crippen LogP contribution is 2.13. The summed E-state index contributed by atoms with van der Waals surface area (Å²) in [5.41, 5.74) is 2.16. The van der Waals surface area contributed by atoms with Crippen molar-refractivity contribution in [1.82, 2.24) is 9.88 Å². The summed E-state index contributed by atoms with van der Waals surface area (Å²) in [6.45, 7) is 0.726. The highest BCUT2D eigenvalue weighted by Gasteiger charge is 2.08. The van der Waals surface area contributed by atoms with Gasteiger partial charge in [-0.1, -0.05) is 6.07 Å². The molecular formula is C12H16N2O4. The number of likely N-dealkylation sites (N-methyl/N-ethyl adjacent to an activating group) is 1. The average Bonchev–Trinajstić information content (AvgIpc) is 2.68. The Labute approximate surface area is 103 Å². The first kappa shape index (κ1) is 12.8. The number of hydrogen-bond acceptors (Lipinski definition) is 5. The minimum absolute atomic E-state index is 0.254. The first-order chi connectivity index (χ1) is 8.58. The van der Waals surface area contributed by atoms with E-state index >= 15 is 0 Å². The zero-order valence-corrected chi connectivity index (χ0v) is 10.1. The second-order valence-electron chi connectivity index (χ2n) is 4.38. The molecule has 1 unspecified atom stereocenters. The van der Waals surface area contributed by atoms with Gasteiger partial charge in [0.25, 0.3) is 0 Å². The molecule has 1 heterocycles. The van der Waals surface area contributed by atoms with E-state index in [1.54, 1.807) is 12.1 Å². The molecule has 0 bridgehead atoms. The van der Waals surface area contributed by atoms with Crippen LogP contribution in [-0.2, 0) is 6.54 Å². The van der Waals surface area contributed by atoms with Crippen molar-refractivity contribution < 1.29 is 14.6 Å². The topological polar surface area (TPSA) is 89.7 Å². The van der Waals surface area contributed by atoms with Crippen molar-refractivity contribution >= 4 is 11.1 Å². The summed E-state index contributed by atoms with van der Waals surface area (Å²) in [6.07, 6.45) is -0.746. The SMILES string of the molecule is CN(Cc1ccc2[nH]c(=O)oc2c1)CC(O)CO. The molecule has 0 aliphatic heterocycles. The summed E-state index contributed by atoms with van der Waals surface area (Å²) in [5.74, 6) is -0.466. The van der Waals surface area contributed by atoms with Gasteiger partial charge >= 0.3 is 5.76 Å². The van der Waals surface area contributed by atoms with E-state index in [4.69, 9.17) is 9.52 Å². The first-order valence-electron chi connectivity index (χ1n) is 5.67. The quantitative estimate of drug-likeness (QED) is 0.691. The number of hydrogen-bond donors (Lipinski definition) is 3. The Balaban J connectivity index is 2.09. The van der Waals surface area contributed by atoms with Gasteiger partial charge in [0.05, 0.1) is 18.2 Å². The van der Waals surface area contributed by atoms with Crippen LogP contribution in [0.2, 0.25) is 0 Å². The van der Waals surface area contributed by atoms with E-state index in [1.807, 2.05) is 18.0 Å². The van der Waals surface area contributed by atoms with Gasteiger partial charge < -0.3 is 14.6 Å². The van der Waals surface area contributed by atoms with Crippen molar-refractivity contribution in [2.75, 3.05) is 20.2 Å². The van der Waals surface area contributed by atoms with Crippen LogP contribution in [0.3, 0.4) is 0 Å². The van der Waals surface area contributed by atoms with E-state index < -0.39 is 11.9 Å². The van der Waals surface area contributed by atoms with Crippen molar-refractivity contribution in [3.63, 3.8) is 0 Å². The maximum atomic E-state index is 11.0. The fourth-order valence-corrected chi connectivity index (χ4v) is 1.88. The number of benzene rings is 1. The number of aliphatic hydroxyl groups excluding tert-OH is 2. The third-order valence-electron chi connectivity index (χ3n) is 2.67. The lowest BCUT2D eigenvalue weighted by molar-refractivity contribution is 0.0648.